The molecule has 3 aromatic rings. The third-order valence-electron chi connectivity index (χ3n) is 6.84. The Morgan fingerprint density at radius 1 is 0.431 bits per heavy atom. The normalized spacial score (nSPS) is 15.2. The topological polar surface area (TPSA) is 43.4 Å². The fourth-order valence-electron chi connectivity index (χ4n) is 3.99. The minimum Gasteiger partial charge on any atom is -0.207 e. The molecule has 0 aliphatic carbocycles. The van der Waals surface area contributed by atoms with Crippen LogP contribution in [0.25, 0.3) is 0 Å². The van der Waals surface area contributed by atoms with E-state index < -0.39 is 93.7 Å². The lowest BCUT2D eigenvalue weighted by molar-refractivity contribution is -0.458. The third kappa shape index (κ3) is 6.16. The lowest BCUT2D eigenvalue weighted by Crippen LogP contribution is -2.75. The molecule has 51 heavy (non-hydrogen) atoms. The highest BCUT2D eigenvalue weighted by molar-refractivity contribution is 8.33. The van der Waals surface area contributed by atoms with Crippen LogP contribution in [-0.2, 0) is 13.7 Å². The van der Waals surface area contributed by atoms with Crippen molar-refractivity contribution in [1.29, 1.82) is 0 Å². The van der Waals surface area contributed by atoms with E-state index in [1.165, 1.54) is 6.92 Å². The second-order valence-electron chi connectivity index (χ2n) is 10.3. The summed E-state index contributed by atoms with van der Waals surface area (Å²) in [5.74, 6) is -55.2. The van der Waals surface area contributed by atoms with E-state index in [1.807, 2.05) is 0 Å². The molecule has 0 spiro atoms. The zero-order chi connectivity index (χ0) is 39.7. The Morgan fingerprint density at radius 3 is 1.02 bits per heavy atom. The Hall–Kier alpha value is -3.41. The fourth-order valence-corrected chi connectivity index (χ4v) is 9.17. The number of rotatable bonds is 12. The molecule has 0 saturated carbocycles. The van der Waals surface area contributed by atoms with Crippen LogP contribution < -0.4 is 0 Å². The van der Waals surface area contributed by atoms with Crippen LogP contribution in [0.4, 0.5) is 83.4 Å². The summed E-state index contributed by atoms with van der Waals surface area (Å²) in [6.07, 6.45) is -7.97. The molecule has 0 amide bonds. The molecule has 3 aromatic carbocycles. The molecule has 0 aliphatic rings. The first-order valence-electron chi connectivity index (χ1n) is 12.8. The Labute approximate surface area is 274 Å². The summed E-state index contributed by atoms with van der Waals surface area (Å²) < 4.78 is 294. The average molecular weight is 813 g/mol. The zero-order valence-electron chi connectivity index (χ0n) is 24.2. The van der Waals surface area contributed by atoms with Crippen LogP contribution in [0, 0.1) is 18.6 Å². The van der Waals surface area contributed by atoms with E-state index in [9.17, 15) is 83.1 Å². The number of alkyl halides is 17. The Kier molecular flexibility index (Phi) is 10.4. The van der Waals surface area contributed by atoms with Crippen molar-refractivity contribution in [1.82, 2.24) is 0 Å². The minimum absolute atomic E-state index is 0.278. The molecule has 0 bridgehead atoms. The molecule has 0 aliphatic heterocycles. The molecule has 0 aromatic heterocycles. The number of benzene rings is 3. The predicted molar refractivity (Wildman–Crippen MR) is 137 cm³/mol. The minimum atomic E-state index is -9.05. The van der Waals surface area contributed by atoms with Crippen LogP contribution in [0.2, 0.25) is 0 Å². The summed E-state index contributed by atoms with van der Waals surface area (Å²) in [5, 5.41) is -8.01. The molecule has 286 valence electrons. The summed E-state index contributed by atoms with van der Waals surface area (Å²) in [7, 11) is -12.9. The first-order chi connectivity index (χ1) is 22.7. The maximum atomic E-state index is 15.2. The number of hydrogen-bond donors (Lipinski definition) is 0. The van der Waals surface area contributed by atoms with Gasteiger partial charge in [-0.2, -0.15) is 83.1 Å². The van der Waals surface area contributed by atoms with Crippen molar-refractivity contribution in [2.45, 2.75) is 68.6 Å². The molecular formula is C27H15F19O3S2. The number of aryl methyl sites for hydroxylation is 1. The van der Waals surface area contributed by atoms with Gasteiger partial charge in [-0.25, -0.2) is 12.4 Å². The molecule has 3 rings (SSSR count). The van der Waals surface area contributed by atoms with Gasteiger partial charge in [0.25, 0.3) is 0 Å². The van der Waals surface area contributed by atoms with E-state index in [-0.39, 0.29) is 5.56 Å². The SMILES string of the molecule is Cc1ccc(S(OS(=O)(=O)C(F)(F)C(F)(F)C(F)(F)C(F)(F)C(F)(F)C(F)(F)C(F)(F)C(F)(F)F)(c2ccc(F)cc2)c2ccc(F)cc2)cc1. The summed E-state index contributed by atoms with van der Waals surface area (Å²) in [6.45, 7) is 1.36. The molecule has 0 unspecified atom stereocenters. The molecule has 0 atom stereocenters. The summed E-state index contributed by atoms with van der Waals surface area (Å²) in [4.78, 5) is -2.38. The molecule has 0 heterocycles. The molecule has 0 radical (unpaired) electrons. The van der Waals surface area contributed by atoms with E-state index in [1.54, 1.807) is 0 Å². The molecule has 0 saturated heterocycles. The number of hydrogen-bond acceptors (Lipinski definition) is 3. The highest BCUT2D eigenvalue weighted by atomic mass is 32.3. The van der Waals surface area contributed by atoms with E-state index in [0.29, 0.717) is 48.5 Å². The zero-order valence-corrected chi connectivity index (χ0v) is 25.8. The Morgan fingerprint density at radius 2 is 0.706 bits per heavy atom. The van der Waals surface area contributed by atoms with E-state index in [2.05, 4.69) is 3.63 Å². The summed E-state index contributed by atoms with van der Waals surface area (Å²) in [6, 6.07) is 7.73. The van der Waals surface area contributed by atoms with E-state index in [4.69, 9.17) is 0 Å². The smallest absolute Gasteiger partial charge is 0.207 e. The van der Waals surface area contributed by atoms with Crippen LogP contribution in [0.1, 0.15) is 5.56 Å². The molecule has 24 heteroatoms. The molecule has 3 nitrogen and oxygen atoms in total. The van der Waals surface area contributed by atoms with Crippen LogP contribution in [0.3, 0.4) is 0 Å². The lowest BCUT2D eigenvalue weighted by atomic mass is 9.91. The van der Waals surface area contributed by atoms with Gasteiger partial charge in [-0.05, 0) is 77.9 Å². The first-order valence-corrected chi connectivity index (χ1v) is 15.8. The second kappa shape index (κ2) is 12.6. The van der Waals surface area contributed by atoms with Gasteiger partial charge in [0.05, 0.1) is 0 Å². The van der Waals surface area contributed by atoms with Crippen LogP contribution in [-0.4, -0.2) is 55.4 Å². The van der Waals surface area contributed by atoms with Crippen molar-refractivity contribution in [2.24, 2.45) is 0 Å². The van der Waals surface area contributed by atoms with Gasteiger partial charge in [0.15, 0.2) is 0 Å². The molecule has 0 N–H and O–H groups in total. The maximum Gasteiger partial charge on any atom is 0.460 e. The maximum absolute atomic E-state index is 15.2. The van der Waals surface area contributed by atoms with Crippen LogP contribution >= 0.6 is 10.3 Å². The van der Waals surface area contributed by atoms with Crippen molar-refractivity contribution in [3.8, 4) is 0 Å². The predicted octanol–water partition coefficient (Wildman–Crippen LogP) is 10.8. The van der Waals surface area contributed by atoms with Crippen molar-refractivity contribution in [2.75, 3.05) is 0 Å². The van der Waals surface area contributed by atoms with Gasteiger partial charge in [-0.15, -0.1) is 0 Å². The highest BCUT2D eigenvalue weighted by Gasteiger charge is 2.96. The van der Waals surface area contributed by atoms with Gasteiger partial charge in [-0.1, -0.05) is 17.7 Å². The van der Waals surface area contributed by atoms with Crippen molar-refractivity contribution in [3.63, 3.8) is 0 Å². The van der Waals surface area contributed by atoms with Crippen LogP contribution in [0.5, 0.6) is 0 Å². The standard InChI is InChI=1S/C27H15F19O3S2/c1-14-2-8-17(9-3-14)50(18-10-4-15(28)5-11-18,19-12-6-16(29)7-13-19)49-51(47,48)27(45,46)25(40,41)23(36,37)21(32,33)20(30,31)22(34,35)24(38,39)26(42,43)44/h2-13H,1H3. The molecule has 0 fully saturated rings. The second-order valence-corrected chi connectivity index (χ2v) is 14.8. The average Bonchev–Trinajstić information content (AvgIpc) is 3.00. The van der Waals surface area contributed by atoms with Gasteiger partial charge in [-0.3, -0.25) is 0 Å². The monoisotopic (exact) mass is 812 g/mol. The van der Waals surface area contributed by atoms with Gasteiger partial charge < -0.3 is 0 Å². The van der Waals surface area contributed by atoms with E-state index >= 15 is 8.78 Å². The third-order valence-corrected chi connectivity index (χ3v) is 12.1. The largest absolute Gasteiger partial charge is 0.460 e. The van der Waals surface area contributed by atoms with Crippen molar-refractivity contribution in [3.05, 3.63) is 90.0 Å². The van der Waals surface area contributed by atoms with Crippen molar-refractivity contribution < 1.29 is 95.5 Å². The Bertz CT molecular complexity index is 1710. The quantitative estimate of drug-likeness (QED) is 0.171. The van der Waals surface area contributed by atoms with Gasteiger partial charge in [0.2, 0.25) is 0 Å². The first kappa shape index (κ1) is 42.0. The van der Waals surface area contributed by atoms with Crippen LogP contribution in [0.15, 0.2) is 87.5 Å². The van der Waals surface area contributed by atoms with Crippen molar-refractivity contribution >= 4 is 20.4 Å². The highest BCUT2D eigenvalue weighted by Crippen LogP contribution is 2.72. The lowest BCUT2D eigenvalue weighted by Gasteiger charge is -2.43. The Balaban J connectivity index is 2.34. The molecular weight excluding hydrogens is 797 g/mol. The van der Waals surface area contributed by atoms with Gasteiger partial charge in [0.1, 0.15) is 11.6 Å². The van der Waals surface area contributed by atoms with Gasteiger partial charge >= 0.3 is 57.1 Å². The fraction of sp³-hybridized carbons (Fsp3) is 0.333. The summed E-state index contributed by atoms with van der Waals surface area (Å²) >= 11 is 0. The summed E-state index contributed by atoms with van der Waals surface area (Å²) in [5.41, 5.74) is 0.278. The van der Waals surface area contributed by atoms with Gasteiger partial charge in [0, 0.05) is 14.7 Å². The van der Waals surface area contributed by atoms with E-state index in [0.717, 1.165) is 24.3 Å². The number of halogens is 19.